The Balaban J connectivity index is 1.56. The van der Waals surface area contributed by atoms with Crippen LogP contribution in [0.1, 0.15) is 54.4 Å². The predicted molar refractivity (Wildman–Crippen MR) is 191 cm³/mol. The van der Waals surface area contributed by atoms with Gasteiger partial charge in [-0.3, -0.25) is 13.9 Å². The lowest BCUT2D eigenvalue weighted by atomic mass is 9.94. The number of benzene rings is 4. The first kappa shape index (κ1) is 34.4. The highest BCUT2D eigenvalue weighted by Gasteiger charge is 2.35. The van der Waals surface area contributed by atoms with Crippen LogP contribution in [0.15, 0.2) is 112 Å². The van der Waals surface area contributed by atoms with Crippen molar-refractivity contribution in [3.8, 4) is 0 Å². The monoisotopic (exact) mass is 715 g/mol. The summed E-state index contributed by atoms with van der Waals surface area (Å²) in [6.45, 7) is 3.53. The number of carbonyl (C=O) groups excluding carboxylic acids is 2. The molecule has 1 atom stereocenters. The number of anilines is 1. The number of carbonyl (C=O) groups is 2. The van der Waals surface area contributed by atoms with Crippen LogP contribution in [0.25, 0.3) is 0 Å². The van der Waals surface area contributed by atoms with Crippen molar-refractivity contribution in [2.75, 3.05) is 10.8 Å². The van der Waals surface area contributed by atoms with Crippen molar-refractivity contribution in [3.05, 3.63) is 130 Å². The highest BCUT2D eigenvalue weighted by molar-refractivity contribution is 9.10. The zero-order chi connectivity index (χ0) is 33.4. The number of hydrogen-bond donors (Lipinski definition) is 1. The van der Waals surface area contributed by atoms with Crippen LogP contribution in [0, 0.1) is 13.8 Å². The molecular formula is C38H42BrN3O4S. The molecule has 9 heteroatoms. The standard InChI is InChI=1S/C38H42BrN3O4S/c1-28-19-21-35(22-20-28)47(45,46)42(34-18-10-15-32(39)25-34)27-37(43)41(26-31-14-9-11-29(2)23-31)36(24-30-12-5-3-6-13-30)38(44)40-33-16-7-4-8-17-33/h3,5-6,9-15,18-23,25,33,36H,4,7-8,16-17,24,26-27H2,1-2H3,(H,40,44)/t36-/m0/s1. The summed E-state index contributed by atoms with van der Waals surface area (Å²) < 4.78 is 30.3. The molecule has 1 fully saturated rings. The highest BCUT2D eigenvalue weighted by Crippen LogP contribution is 2.28. The SMILES string of the molecule is Cc1ccc(S(=O)(=O)N(CC(=O)N(Cc2cccc(C)c2)[C@@H](Cc2ccccc2)C(=O)NC2CCCCC2)c2cccc(Br)c2)cc1. The van der Waals surface area contributed by atoms with E-state index < -0.39 is 28.5 Å². The lowest BCUT2D eigenvalue weighted by Crippen LogP contribution is -2.55. The Morgan fingerprint density at radius 2 is 1.49 bits per heavy atom. The summed E-state index contributed by atoms with van der Waals surface area (Å²) in [5.41, 5.74) is 4.06. The second kappa shape index (κ2) is 15.8. The maximum absolute atomic E-state index is 14.7. The molecule has 1 N–H and O–H groups in total. The Morgan fingerprint density at radius 1 is 0.809 bits per heavy atom. The highest BCUT2D eigenvalue weighted by atomic mass is 79.9. The van der Waals surface area contributed by atoms with Crippen LogP contribution in [-0.2, 0) is 32.6 Å². The largest absolute Gasteiger partial charge is 0.352 e. The summed E-state index contributed by atoms with van der Waals surface area (Å²) in [5.74, 6) is -0.695. The van der Waals surface area contributed by atoms with Crippen molar-refractivity contribution in [2.45, 2.75) is 75.9 Å². The topological polar surface area (TPSA) is 86.8 Å². The zero-order valence-electron chi connectivity index (χ0n) is 26.9. The van der Waals surface area contributed by atoms with E-state index in [1.54, 1.807) is 53.4 Å². The van der Waals surface area contributed by atoms with Gasteiger partial charge in [0.15, 0.2) is 0 Å². The number of sulfonamides is 1. The van der Waals surface area contributed by atoms with Gasteiger partial charge < -0.3 is 10.2 Å². The quantitative estimate of drug-likeness (QED) is 0.166. The molecule has 0 saturated heterocycles. The summed E-state index contributed by atoms with van der Waals surface area (Å²) in [5, 5.41) is 3.25. The van der Waals surface area contributed by atoms with E-state index in [4.69, 9.17) is 0 Å². The molecule has 1 saturated carbocycles. The molecule has 1 aliphatic rings. The summed E-state index contributed by atoms with van der Waals surface area (Å²) in [4.78, 5) is 30.6. The molecule has 0 radical (unpaired) electrons. The number of halogens is 1. The molecule has 2 amide bonds. The maximum atomic E-state index is 14.7. The average Bonchev–Trinajstić information content (AvgIpc) is 3.06. The minimum Gasteiger partial charge on any atom is -0.352 e. The Labute approximate surface area is 287 Å². The van der Waals surface area contributed by atoms with Crippen LogP contribution < -0.4 is 9.62 Å². The summed E-state index contributed by atoms with van der Waals surface area (Å²) >= 11 is 3.47. The molecule has 0 heterocycles. The van der Waals surface area contributed by atoms with Crippen LogP contribution in [0.4, 0.5) is 5.69 Å². The molecule has 1 aliphatic carbocycles. The van der Waals surface area contributed by atoms with Crippen LogP contribution in [-0.4, -0.2) is 43.8 Å². The minimum absolute atomic E-state index is 0.0468. The molecule has 7 nitrogen and oxygen atoms in total. The number of nitrogens with zero attached hydrogens (tertiary/aromatic N) is 2. The summed E-state index contributed by atoms with van der Waals surface area (Å²) in [7, 11) is -4.16. The average molecular weight is 717 g/mol. The molecule has 0 aliphatic heterocycles. The first-order valence-electron chi connectivity index (χ1n) is 16.1. The van der Waals surface area contributed by atoms with Crippen molar-refractivity contribution in [1.29, 1.82) is 0 Å². The third-order valence-electron chi connectivity index (χ3n) is 8.64. The Morgan fingerprint density at radius 3 is 2.17 bits per heavy atom. The molecular weight excluding hydrogens is 674 g/mol. The van der Waals surface area contributed by atoms with E-state index in [1.807, 2.05) is 68.4 Å². The van der Waals surface area contributed by atoms with Crippen molar-refractivity contribution in [2.24, 2.45) is 0 Å². The van der Waals surface area contributed by atoms with Gasteiger partial charge in [0.25, 0.3) is 10.0 Å². The normalized spacial score (nSPS) is 14.3. The van der Waals surface area contributed by atoms with E-state index in [9.17, 15) is 18.0 Å². The molecule has 0 bridgehead atoms. The van der Waals surface area contributed by atoms with Crippen molar-refractivity contribution < 1.29 is 18.0 Å². The van der Waals surface area contributed by atoms with Crippen molar-refractivity contribution >= 4 is 43.5 Å². The van der Waals surface area contributed by atoms with Gasteiger partial charge in [-0.25, -0.2) is 8.42 Å². The molecule has 0 aromatic heterocycles. The second-order valence-electron chi connectivity index (χ2n) is 12.4. The second-order valence-corrected chi connectivity index (χ2v) is 15.1. The fourth-order valence-electron chi connectivity index (χ4n) is 6.10. The Bertz CT molecular complexity index is 1770. The first-order valence-corrected chi connectivity index (χ1v) is 18.4. The summed E-state index contributed by atoms with van der Waals surface area (Å²) in [6, 6.07) is 30.2. The minimum atomic E-state index is -4.16. The number of amides is 2. The van der Waals surface area contributed by atoms with Gasteiger partial charge in [-0.05, 0) is 68.1 Å². The summed E-state index contributed by atoms with van der Waals surface area (Å²) in [6.07, 6.45) is 5.36. The van der Waals surface area contributed by atoms with Gasteiger partial charge in [-0.15, -0.1) is 0 Å². The van der Waals surface area contributed by atoms with Gasteiger partial charge >= 0.3 is 0 Å². The fourth-order valence-corrected chi connectivity index (χ4v) is 7.90. The van der Waals surface area contributed by atoms with E-state index in [-0.39, 0.29) is 23.4 Å². The fraction of sp³-hybridized carbons (Fsp3) is 0.316. The Kier molecular flexibility index (Phi) is 11.5. The molecule has 246 valence electrons. The van der Waals surface area contributed by atoms with Gasteiger partial charge in [-0.2, -0.15) is 0 Å². The van der Waals surface area contributed by atoms with Gasteiger partial charge in [0, 0.05) is 23.5 Å². The Hall–Kier alpha value is -3.95. The van der Waals surface area contributed by atoms with E-state index in [2.05, 4.69) is 21.2 Å². The first-order chi connectivity index (χ1) is 22.6. The lowest BCUT2D eigenvalue weighted by Gasteiger charge is -2.35. The third-order valence-corrected chi connectivity index (χ3v) is 10.9. The molecule has 4 aromatic rings. The van der Waals surface area contributed by atoms with E-state index >= 15 is 0 Å². The molecule has 0 spiro atoms. The van der Waals surface area contributed by atoms with Gasteiger partial charge in [-0.1, -0.05) is 119 Å². The van der Waals surface area contributed by atoms with Crippen LogP contribution in [0.5, 0.6) is 0 Å². The third kappa shape index (κ3) is 9.11. The molecule has 0 unspecified atom stereocenters. The van der Waals surface area contributed by atoms with E-state index in [1.165, 1.54) is 0 Å². The van der Waals surface area contributed by atoms with Crippen LogP contribution in [0.2, 0.25) is 0 Å². The van der Waals surface area contributed by atoms with E-state index in [0.29, 0.717) is 16.6 Å². The van der Waals surface area contributed by atoms with Gasteiger partial charge in [0.05, 0.1) is 10.6 Å². The van der Waals surface area contributed by atoms with Crippen molar-refractivity contribution in [3.63, 3.8) is 0 Å². The van der Waals surface area contributed by atoms with Gasteiger partial charge in [0.2, 0.25) is 11.8 Å². The van der Waals surface area contributed by atoms with Crippen LogP contribution in [0.3, 0.4) is 0 Å². The van der Waals surface area contributed by atoms with Crippen molar-refractivity contribution in [1.82, 2.24) is 10.2 Å². The van der Waals surface area contributed by atoms with Gasteiger partial charge in [0.1, 0.15) is 12.6 Å². The lowest BCUT2D eigenvalue weighted by molar-refractivity contribution is -0.140. The number of aryl methyl sites for hydroxylation is 2. The molecule has 4 aromatic carbocycles. The maximum Gasteiger partial charge on any atom is 0.264 e. The smallest absolute Gasteiger partial charge is 0.264 e. The van der Waals surface area contributed by atoms with Crippen LogP contribution >= 0.6 is 15.9 Å². The van der Waals surface area contributed by atoms with E-state index in [0.717, 1.165) is 58.7 Å². The zero-order valence-corrected chi connectivity index (χ0v) is 29.3. The molecule has 5 rings (SSSR count). The number of hydrogen-bond acceptors (Lipinski definition) is 4. The predicted octanol–water partition coefficient (Wildman–Crippen LogP) is 7.35. The number of rotatable bonds is 12. The molecule has 47 heavy (non-hydrogen) atoms. The number of nitrogens with one attached hydrogen (secondary N) is 1.